The van der Waals surface area contributed by atoms with Crippen molar-refractivity contribution in [2.24, 2.45) is 5.92 Å². The van der Waals surface area contributed by atoms with Gasteiger partial charge in [-0.05, 0) is 56.5 Å². The van der Waals surface area contributed by atoms with Gasteiger partial charge in [0.25, 0.3) is 0 Å². The first-order valence-electron chi connectivity index (χ1n) is 10.1. The molecule has 0 bridgehead atoms. The van der Waals surface area contributed by atoms with Crippen molar-refractivity contribution < 1.29 is 9.59 Å². The molecule has 26 heavy (non-hydrogen) atoms. The first-order chi connectivity index (χ1) is 12.7. The van der Waals surface area contributed by atoms with Crippen molar-refractivity contribution in [3.63, 3.8) is 0 Å². The summed E-state index contributed by atoms with van der Waals surface area (Å²) < 4.78 is 0. The van der Waals surface area contributed by atoms with Crippen molar-refractivity contribution in [1.29, 1.82) is 0 Å². The summed E-state index contributed by atoms with van der Waals surface area (Å²) in [6.07, 6.45) is 7.52. The molecule has 2 aliphatic heterocycles. The number of anilines is 1. The van der Waals surface area contributed by atoms with Crippen molar-refractivity contribution in [2.75, 3.05) is 25.0 Å². The third kappa shape index (κ3) is 3.93. The van der Waals surface area contributed by atoms with Crippen LogP contribution in [-0.2, 0) is 16.1 Å². The number of benzene rings is 1. The van der Waals surface area contributed by atoms with Crippen LogP contribution in [0.3, 0.4) is 0 Å². The summed E-state index contributed by atoms with van der Waals surface area (Å²) in [4.78, 5) is 29.4. The molecule has 1 saturated carbocycles. The van der Waals surface area contributed by atoms with Crippen LogP contribution in [0, 0.1) is 5.92 Å². The molecule has 2 heterocycles. The number of rotatable bonds is 5. The number of hydrogen-bond acceptors (Lipinski definition) is 3. The molecule has 1 aromatic carbocycles. The third-order valence-corrected chi connectivity index (χ3v) is 6.09. The Bertz CT molecular complexity index is 663. The van der Waals surface area contributed by atoms with Gasteiger partial charge >= 0.3 is 0 Å². The highest BCUT2D eigenvalue weighted by Gasteiger charge is 2.38. The van der Waals surface area contributed by atoms with Crippen LogP contribution in [0.15, 0.2) is 24.3 Å². The van der Waals surface area contributed by atoms with E-state index in [2.05, 4.69) is 22.3 Å². The maximum absolute atomic E-state index is 12.7. The topological polar surface area (TPSA) is 52.7 Å². The molecule has 1 N–H and O–H groups in total. The fourth-order valence-electron chi connectivity index (χ4n) is 4.67. The summed E-state index contributed by atoms with van der Waals surface area (Å²) in [7, 11) is 0. The fraction of sp³-hybridized carbons (Fsp3) is 0.619. The van der Waals surface area contributed by atoms with Gasteiger partial charge in [0.2, 0.25) is 11.8 Å². The minimum absolute atomic E-state index is 0.0165. The molecule has 1 unspecified atom stereocenters. The Labute approximate surface area is 155 Å². The van der Waals surface area contributed by atoms with Gasteiger partial charge in [0.15, 0.2) is 0 Å². The average Bonchev–Trinajstić information content (AvgIpc) is 3.36. The van der Waals surface area contributed by atoms with Crippen LogP contribution in [0.2, 0.25) is 0 Å². The highest BCUT2D eigenvalue weighted by Crippen LogP contribution is 2.30. The van der Waals surface area contributed by atoms with Crippen molar-refractivity contribution in [1.82, 2.24) is 9.80 Å². The van der Waals surface area contributed by atoms with Gasteiger partial charge < -0.3 is 10.2 Å². The predicted octanol–water partition coefficient (Wildman–Crippen LogP) is 3.01. The average molecular weight is 355 g/mol. The van der Waals surface area contributed by atoms with E-state index in [-0.39, 0.29) is 17.7 Å². The first kappa shape index (κ1) is 17.5. The quantitative estimate of drug-likeness (QED) is 0.883. The molecule has 1 atom stereocenters. The number of nitrogens with one attached hydrogen (secondary N) is 1. The van der Waals surface area contributed by atoms with Crippen LogP contribution in [0.25, 0.3) is 0 Å². The zero-order valence-electron chi connectivity index (χ0n) is 15.5. The summed E-state index contributed by atoms with van der Waals surface area (Å²) >= 11 is 0. The zero-order chi connectivity index (χ0) is 17.9. The minimum atomic E-state index is -0.217. The lowest BCUT2D eigenvalue weighted by molar-refractivity contribution is -0.129. The zero-order valence-corrected chi connectivity index (χ0v) is 15.5. The number of amides is 2. The number of nitrogens with zero attached hydrogens (tertiary/aromatic N) is 2. The third-order valence-electron chi connectivity index (χ3n) is 6.09. The van der Waals surface area contributed by atoms with E-state index in [0.717, 1.165) is 38.2 Å². The molecule has 5 nitrogen and oxygen atoms in total. The van der Waals surface area contributed by atoms with Crippen LogP contribution >= 0.6 is 0 Å². The maximum Gasteiger partial charge on any atom is 0.229 e. The Balaban J connectivity index is 1.35. The molecule has 140 valence electrons. The Morgan fingerprint density at radius 1 is 1.12 bits per heavy atom. The van der Waals surface area contributed by atoms with E-state index >= 15 is 0 Å². The molecule has 1 aliphatic carbocycles. The molecule has 0 aromatic heterocycles. The monoisotopic (exact) mass is 355 g/mol. The largest absolute Gasteiger partial charge is 0.339 e. The molecule has 0 radical (unpaired) electrons. The van der Waals surface area contributed by atoms with Crippen LogP contribution in [0.4, 0.5) is 5.69 Å². The van der Waals surface area contributed by atoms with Crippen molar-refractivity contribution >= 4 is 17.5 Å². The highest BCUT2D eigenvalue weighted by molar-refractivity contribution is 5.97. The number of hydrogen-bond donors (Lipinski definition) is 1. The van der Waals surface area contributed by atoms with Gasteiger partial charge in [-0.25, -0.2) is 0 Å². The van der Waals surface area contributed by atoms with E-state index in [1.807, 2.05) is 17.0 Å². The summed E-state index contributed by atoms with van der Waals surface area (Å²) in [5, 5.41) is 3.04. The molecule has 1 aromatic rings. The van der Waals surface area contributed by atoms with E-state index in [1.165, 1.54) is 31.2 Å². The van der Waals surface area contributed by atoms with E-state index in [4.69, 9.17) is 0 Å². The smallest absolute Gasteiger partial charge is 0.229 e. The molecule has 3 aliphatic rings. The first-order valence-corrected chi connectivity index (χ1v) is 10.1. The van der Waals surface area contributed by atoms with Gasteiger partial charge in [0.05, 0.1) is 5.92 Å². The van der Waals surface area contributed by atoms with Gasteiger partial charge in [0, 0.05) is 31.2 Å². The van der Waals surface area contributed by atoms with Crippen LogP contribution in [0.1, 0.15) is 50.5 Å². The second kappa shape index (κ2) is 7.78. The number of carbonyl (C=O) groups excluding carboxylic acids is 2. The lowest BCUT2D eigenvalue weighted by Crippen LogP contribution is -2.35. The van der Waals surface area contributed by atoms with Crippen LogP contribution in [0.5, 0.6) is 0 Å². The van der Waals surface area contributed by atoms with E-state index < -0.39 is 0 Å². The van der Waals surface area contributed by atoms with Gasteiger partial charge in [-0.1, -0.05) is 25.0 Å². The Morgan fingerprint density at radius 3 is 2.65 bits per heavy atom. The van der Waals surface area contributed by atoms with Gasteiger partial charge in [-0.2, -0.15) is 0 Å². The minimum Gasteiger partial charge on any atom is -0.339 e. The van der Waals surface area contributed by atoms with E-state index in [9.17, 15) is 9.59 Å². The number of carbonyl (C=O) groups is 2. The normalized spacial score (nSPS) is 24.5. The summed E-state index contributed by atoms with van der Waals surface area (Å²) in [5.74, 6) is -0.0812. The summed E-state index contributed by atoms with van der Waals surface area (Å²) in [6.45, 7) is 3.86. The Hall–Kier alpha value is -1.88. The lowest BCUT2D eigenvalue weighted by Gasteiger charge is -2.23. The summed E-state index contributed by atoms with van der Waals surface area (Å²) in [6, 6.07) is 8.50. The van der Waals surface area contributed by atoms with Crippen molar-refractivity contribution in [2.45, 2.75) is 57.5 Å². The molecule has 2 amide bonds. The summed E-state index contributed by atoms with van der Waals surface area (Å²) in [5.41, 5.74) is 2.08. The van der Waals surface area contributed by atoms with Crippen molar-refractivity contribution in [3.05, 3.63) is 29.8 Å². The van der Waals surface area contributed by atoms with Crippen LogP contribution < -0.4 is 5.32 Å². The standard InChI is InChI=1S/C21H29N3O2/c25-20-13-17(15-24(20)19-8-1-2-9-19)21(26)22-18-7-5-6-16(12-18)14-23-10-3-4-11-23/h5-7,12,17,19H,1-4,8-11,13-15H2,(H,22,26). The predicted molar refractivity (Wildman–Crippen MR) is 102 cm³/mol. The molecule has 2 saturated heterocycles. The Kier molecular flexibility index (Phi) is 5.25. The molecule has 5 heteroatoms. The van der Waals surface area contributed by atoms with Gasteiger partial charge in [-0.3, -0.25) is 14.5 Å². The Morgan fingerprint density at radius 2 is 1.88 bits per heavy atom. The molecule has 4 rings (SSSR count). The second-order valence-electron chi connectivity index (χ2n) is 8.06. The molecule has 0 spiro atoms. The van der Waals surface area contributed by atoms with E-state index in [0.29, 0.717) is 19.0 Å². The van der Waals surface area contributed by atoms with Gasteiger partial charge in [-0.15, -0.1) is 0 Å². The highest BCUT2D eigenvalue weighted by atomic mass is 16.2. The SMILES string of the molecule is O=C(Nc1cccc(CN2CCCC2)c1)C1CC(=O)N(C2CCCC2)C1. The second-order valence-corrected chi connectivity index (χ2v) is 8.06. The molecule has 3 fully saturated rings. The number of likely N-dealkylation sites (tertiary alicyclic amines) is 2. The van der Waals surface area contributed by atoms with E-state index in [1.54, 1.807) is 0 Å². The van der Waals surface area contributed by atoms with Crippen LogP contribution in [-0.4, -0.2) is 47.3 Å². The fourth-order valence-corrected chi connectivity index (χ4v) is 4.67. The maximum atomic E-state index is 12.7. The molecular weight excluding hydrogens is 326 g/mol. The van der Waals surface area contributed by atoms with Gasteiger partial charge in [0.1, 0.15) is 0 Å². The molecular formula is C21H29N3O2. The van der Waals surface area contributed by atoms with Crippen molar-refractivity contribution in [3.8, 4) is 0 Å². The lowest BCUT2D eigenvalue weighted by atomic mass is 10.1.